The van der Waals surface area contributed by atoms with Gasteiger partial charge in [0.2, 0.25) is 0 Å². The number of carbonyl (C=O) groups is 1. The summed E-state index contributed by atoms with van der Waals surface area (Å²) in [6.07, 6.45) is 3.26. The summed E-state index contributed by atoms with van der Waals surface area (Å²) in [6.45, 7) is 9.23. The Labute approximate surface area is 210 Å². The van der Waals surface area contributed by atoms with Crippen molar-refractivity contribution in [1.29, 1.82) is 0 Å². The Kier molecular flexibility index (Phi) is 9.46. The molecule has 184 valence electrons. The highest BCUT2D eigenvalue weighted by molar-refractivity contribution is 6.99. The first-order chi connectivity index (χ1) is 16.9. The molecule has 3 aromatic carbocycles. The van der Waals surface area contributed by atoms with E-state index in [-0.39, 0.29) is 11.6 Å². The fourth-order valence-corrected chi connectivity index (χ4v) is 8.92. The van der Waals surface area contributed by atoms with Crippen LogP contribution >= 0.6 is 0 Å². The molecule has 0 aliphatic heterocycles. The third kappa shape index (κ3) is 6.93. The highest BCUT2D eigenvalue weighted by Crippen LogP contribution is 2.36. The molecule has 0 saturated carbocycles. The first-order valence-corrected chi connectivity index (χ1v) is 14.1. The van der Waals surface area contributed by atoms with Crippen molar-refractivity contribution in [1.82, 2.24) is 0 Å². The van der Waals surface area contributed by atoms with Crippen molar-refractivity contribution in [3.05, 3.63) is 103 Å². The van der Waals surface area contributed by atoms with Gasteiger partial charge in [0.15, 0.2) is 0 Å². The normalized spacial score (nSPS) is 12.9. The molecular formula is C30H36O4Si. The fourth-order valence-electron chi connectivity index (χ4n) is 4.34. The Balaban J connectivity index is 1.88. The van der Waals surface area contributed by atoms with Gasteiger partial charge in [0.1, 0.15) is 6.10 Å². The lowest BCUT2D eigenvalue weighted by molar-refractivity contribution is 0.0345. The molecule has 1 atom stereocenters. The van der Waals surface area contributed by atoms with E-state index in [1.165, 1.54) is 10.4 Å². The summed E-state index contributed by atoms with van der Waals surface area (Å²) in [6, 6.07) is 31.0. The molecule has 0 saturated heterocycles. The predicted molar refractivity (Wildman–Crippen MR) is 146 cm³/mol. The molecule has 0 amide bonds. The van der Waals surface area contributed by atoms with Crippen LogP contribution in [0.5, 0.6) is 0 Å². The van der Waals surface area contributed by atoms with Crippen LogP contribution in [0.2, 0.25) is 5.04 Å². The van der Waals surface area contributed by atoms with Gasteiger partial charge in [-0.05, 0) is 34.0 Å². The zero-order valence-corrected chi connectivity index (χ0v) is 22.1. The number of carbonyl (C=O) groups excluding carboxylic acids is 1. The summed E-state index contributed by atoms with van der Waals surface area (Å²) in [4.78, 5) is 12.1. The van der Waals surface area contributed by atoms with E-state index in [0.717, 1.165) is 5.56 Å². The third-order valence-electron chi connectivity index (χ3n) is 5.95. The zero-order chi connectivity index (χ0) is 25.2. The van der Waals surface area contributed by atoms with Crippen molar-refractivity contribution in [3.63, 3.8) is 0 Å². The summed E-state index contributed by atoms with van der Waals surface area (Å²) in [7, 11) is -2.65. The van der Waals surface area contributed by atoms with Gasteiger partial charge >= 0.3 is 6.16 Å². The van der Waals surface area contributed by atoms with Gasteiger partial charge in [-0.15, -0.1) is 0 Å². The van der Waals surface area contributed by atoms with Crippen molar-refractivity contribution < 1.29 is 18.7 Å². The van der Waals surface area contributed by atoms with Gasteiger partial charge < -0.3 is 13.9 Å². The molecule has 5 heteroatoms. The van der Waals surface area contributed by atoms with Crippen molar-refractivity contribution in [2.24, 2.45) is 0 Å². The summed E-state index contributed by atoms with van der Waals surface area (Å²) in [5, 5.41) is 2.33. The molecule has 4 nitrogen and oxygen atoms in total. The minimum atomic E-state index is -2.65. The Morgan fingerprint density at radius 1 is 0.857 bits per heavy atom. The quantitative estimate of drug-likeness (QED) is 0.251. The van der Waals surface area contributed by atoms with E-state index >= 15 is 0 Å². The molecule has 0 spiro atoms. The number of rotatable bonds is 10. The van der Waals surface area contributed by atoms with Gasteiger partial charge in [0.05, 0.1) is 6.61 Å². The molecule has 35 heavy (non-hydrogen) atoms. The Morgan fingerprint density at radius 3 is 1.86 bits per heavy atom. The molecule has 1 unspecified atom stereocenters. The van der Waals surface area contributed by atoms with E-state index in [1.807, 2.05) is 54.6 Å². The molecule has 0 aromatic heterocycles. The summed E-state index contributed by atoms with van der Waals surface area (Å²) >= 11 is 0. The average molecular weight is 489 g/mol. The second kappa shape index (κ2) is 12.5. The van der Waals surface area contributed by atoms with Crippen molar-refractivity contribution in [3.8, 4) is 0 Å². The highest BCUT2D eigenvalue weighted by atomic mass is 28.4. The van der Waals surface area contributed by atoms with Gasteiger partial charge in [-0.2, -0.15) is 0 Å². The predicted octanol–water partition coefficient (Wildman–Crippen LogP) is 6.21. The van der Waals surface area contributed by atoms with Gasteiger partial charge in [-0.3, -0.25) is 0 Å². The smallest absolute Gasteiger partial charge is 0.435 e. The maximum Gasteiger partial charge on any atom is 0.508 e. The Hall–Kier alpha value is -3.15. The van der Waals surface area contributed by atoms with Crippen LogP contribution in [0.4, 0.5) is 4.79 Å². The molecule has 3 aromatic rings. The van der Waals surface area contributed by atoms with Gasteiger partial charge in [0.25, 0.3) is 8.32 Å². The molecule has 0 aliphatic carbocycles. The first kappa shape index (κ1) is 26.5. The molecule has 0 fully saturated rings. The standard InChI is InChI=1S/C30H36O4Si/c1-5-32-29(31)34-26(22-21-25-15-9-6-10-16-25)23-24-33-35(30(2,3)4,27-17-11-7-12-18-27)28-19-13-8-14-20-28/h6-22,26H,5,23-24H2,1-4H3/b22-21+. The van der Waals surface area contributed by atoms with E-state index in [9.17, 15) is 4.79 Å². The van der Waals surface area contributed by atoms with E-state index < -0.39 is 20.6 Å². The SMILES string of the molecule is CCOC(=O)OC(/C=C/c1ccccc1)CCO[Si](c1ccccc1)(c1ccccc1)C(C)(C)C. The van der Waals surface area contributed by atoms with E-state index in [1.54, 1.807) is 6.92 Å². The van der Waals surface area contributed by atoms with Crippen LogP contribution < -0.4 is 10.4 Å². The number of hydrogen-bond donors (Lipinski definition) is 0. The van der Waals surface area contributed by atoms with Crippen molar-refractivity contribution in [2.75, 3.05) is 13.2 Å². The Morgan fingerprint density at radius 2 is 1.37 bits per heavy atom. The molecule has 0 radical (unpaired) electrons. The fraction of sp³-hybridized carbons (Fsp3) is 0.300. The monoisotopic (exact) mass is 488 g/mol. The minimum absolute atomic E-state index is 0.118. The van der Waals surface area contributed by atoms with Crippen LogP contribution in [0, 0.1) is 0 Å². The van der Waals surface area contributed by atoms with Crippen LogP contribution in [0.1, 0.15) is 39.7 Å². The summed E-state index contributed by atoms with van der Waals surface area (Å²) in [5.74, 6) is 0. The largest absolute Gasteiger partial charge is 0.508 e. The van der Waals surface area contributed by atoms with Crippen molar-refractivity contribution >= 4 is 30.9 Å². The molecule has 0 aliphatic rings. The first-order valence-electron chi connectivity index (χ1n) is 12.2. The number of ether oxygens (including phenoxy) is 2. The highest BCUT2D eigenvalue weighted by Gasteiger charge is 2.50. The summed E-state index contributed by atoms with van der Waals surface area (Å²) < 4.78 is 17.6. The van der Waals surface area contributed by atoms with Crippen LogP contribution in [0.15, 0.2) is 97.1 Å². The van der Waals surface area contributed by atoms with Gasteiger partial charge in [0, 0.05) is 13.0 Å². The minimum Gasteiger partial charge on any atom is -0.435 e. The average Bonchev–Trinajstić information content (AvgIpc) is 2.86. The zero-order valence-electron chi connectivity index (χ0n) is 21.1. The number of benzene rings is 3. The molecule has 0 heterocycles. The lowest BCUT2D eigenvalue weighted by atomic mass is 10.1. The summed E-state index contributed by atoms with van der Waals surface area (Å²) in [5.41, 5.74) is 1.04. The van der Waals surface area contributed by atoms with Crippen LogP contribution in [0.3, 0.4) is 0 Å². The van der Waals surface area contributed by atoms with E-state index in [2.05, 4.69) is 69.3 Å². The molecule has 0 N–H and O–H groups in total. The maximum atomic E-state index is 12.1. The van der Waals surface area contributed by atoms with Crippen LogP contribution in [-0.2, 0) is 13.9 Å². The van der Waals surface area contributed by atoms with Gasteiger partial charge in [-0.25, -0.2) is 4.79 Å². The molecule has 3 rings (SSSR count). The second-order valence-electron chi connectivity index (χ2n) is 9.41. The number of hydrogen-bond acceptors (Lipinski definition) is 4. The van der Waals surface area contributed by atoms with E-state index in [0.29, 0.717) is 13.0 Å². The third-order valence-corrected chi connectivity index (χ3v) is 11.0. The van der Waals surface area contributed by atoms with Gasteiger partial charge in [-0.1, -0.05) is 118 Å². The lowest BCUT2D eigenvalue weighted by Gasteiger charge is -2.43. The van der Waals surface area contributed by atoms with Crippen molar-refractivity contribution in [2.45, 2.75) is 45.3 Å². The van der Waals surface area contributed by atoms with Crippen LogP contribution in [-0.4, -0.2) is 33.8 Å². The topological polar surface area (TPSA) is 44.8 Å². The second-order valence-corrected chi connectivity index (χ2v) is 13.7. The van der Waals surface area contributed by atoms with Crippen LogP contribution in [0.25, 0.3) is 6.08 Å². The Bertz CT molecular complexity index is 1020. The molecule has 0 bridgehead atoms. The van der Waals surface area contributed by atoms with E-state index in [4.69, 9.17) is 13.9 Å². The lowest BCUT2D eigenvalue weighted by Crippen LogP contribution is -2.66. The maximum absolute atomic E-state index is 12.1. The molecular weight excluding hydrogens is 452 g/mol.